The minimum Gasteiger partial charge on any atom is -0.481 e. The smallest absolute Gasteiger partial charge is 0.308 e. The minimum absolute atomic E-state index is 0.287. The molecule has 1 aliphatic heterocycles. The average molecular weight is 221 g/mol. The standard InChI is InChI=1S/C11H15N3O2/c1-7-5-12-11(13-8(7)2)14-4-3-9(6-14)10(15)16/h5,9H,3-4,6H2,1-2H3,(H,15,16). The highest BCUT2D eigenvalue weighted by Gasteiger charge is 2.29. The Morgan fingerprint density at radius 2 is 2.31 bits per heavy atom. The van der Waals surface area contributed by atoms with Crippen molar-refractivity contribution < 1.29 is 9.90 Å². The lowest BCUT2D eigenvalue weighted by atomic mass is 10.1. The molecular weight excluding hydrogens is 206 g/mol. The molecule has 0 amide bonds. The Morgan fingerprint density at radius 1 is 1.56 bits per heavy atom. The fourth-order valence-corrected chi connectivity index (χ4v) is 1.81. The Kier molecular flexibility index (Phi) is 2.77. The first-order valence-corrected chi connectivity index (χ1v) is 5.36. The molecule has 1 saturated heterocycles. The van der Waals surface area contributed by atoms with E-state index in [-0.39, 0.29) is 5.92 Å². The summed E-state index contributed by atoms with van der Waals surface area (Å²) < 4.78 is 0. The fraction of sp³-hybridized carbons (Fsp3) is 0.545. The molecule has 1 aromatic heterocycles. The molecule has 86 valence electrons. The summed E-state index contributed by atoms with van der Waals surface area (Å²) in [6.07, 6.45) is 2.46. The molecule has 1 fully saturated rings. The van der Waals surface area contributed by atoms with Crippen LogP contribution in [0.5, 0.6) is 0 Å². The monoisotopic (exact) mass is 221 g/mol. The molecule has 0 bridgehead atoms. The Morgan fingerprint density at radius 3 is 2.88 bits per heavy atom. The molecule has 2 rings (SSSR count). The van der Waals surface area contributed by atoms with Crippen LogP contribution < -0.4 is 4.90 Å². The summed E-state index contributed by atoms with van der Waals surface area (Å²) in [7, 11) is 0. The van der Waals surface area contributed by atoms with Gasteiger partial charge < -0.3 is 10.0 Å². The molecule has 2 heterocycles. The molecule has 16 heavy (non-hydrogen) atoms. The molecule has 1 unspecified atom stereocenters. The lowest BCUT2D eigenvalue weighted by Gasteiger charge is -2.16. The lowest BCUT2D eigenvalue weighted by molar-refractivity contribution is -0.140. The summed E-state index contributed by atoms with van der Waals surface area (Å²) in [6.45, 7) is 5.13. The van der Waals surface area contributed by atoms with E-state index in [0.717, 1.165) is 17.8 Å². The third kappa shape index (κ3) is 1.98. The molecule has 5 nitrogen and oxygen atoms in total. The number of aromatic nitrogens is 2. The summed E-state index contributed by atoms with van der Waals surface area (Å²) in [5.74, 6) is -0.372. The van der Waals surface area contributed by atoms with Gasteiger partial charge in [-0.3, -0.25) is 4.79 Å². The highest BCUT2D eigenvalue weighted by Crippen LogP contribution is 2.21. The summed E-state index contributed by atoms with van der Waals surface area (Å²) in [5, 5.41) is 8.91. The van der Waals surface area contributed by atoms with Crippen LogP contribution in [-0.2, 0) is 4.79 Å². The Bertz CT molecular complexity index is 420. The highest BCUT2D eigenvalue weighted by molar-refractivity contribution is 5.71. The molecule has 0 aromatic carbocycles. The second kappa shape index (κ2) is 4.08. The third-order valence-corrected chi connectivity index (χ3v) is 3.03. The van der Waals surface area contributed by atoms with Gasteiger partial charge in [0.1, 0.15) is 0 Å². The van der Waals surface area contributed by atoms with Crippen LogP contribution in [0.1, 0.15) is 17.7 Å². The normalized spacial score (nSPS) is 20.1. The van der Waals surface area contributed by atoms with Crippen LogP contribution in [0.2, 0.25) is 0 Å². The zero-order valence-corrected chi connectivity index (χ0v) is 9.47. The van der Waals surface area contributed by atoms with Gasteiger partial charge >= 0.3 is 5.97 Å². The number of anilines is 1. The summed E-state index contributed by atoms with van der Waals surface area (Å²) in [6, 6.07) is 0. The quantitative estimate of drug-likeness (QED) is 0.807. The number of hydrogen-bond donors (Lipinski definition) is 1. The first kappa shape index (κ1) is 10.9. The zero-order chi connectivity index (χ0) is 11.7. The van der Waals surface area contributed by atoms with Crippen molar-refractivity contribution in [1.29, 1.82) is 0 Å². The molecule has 1 atom stereocenters. The SMILES string of the molecule is Cc1cnc(N2CCC(C(=O)O)C2)nc1C. The van der Waals surface area contributed by atoms with Gasteiger partial charge in [0.15, 0.2) is 0 Å². The van der Waals surface area contributed by atoms with Gasteiger partial charge in [-0.05, 0) is 25.8 Å². The van der Waals surface area contributed by atoms with E-state index in [1.807, 2.05) is 18.7 Å². The van der Waals surface area contributed by atoms with Gasteiger partial charge in [-0.15, -0.1) is 0 Å². The van der Waals surface area contributed by atoms with Gasteiger partial charge in [-0.25, -0.2) is 9.97 Å². The number of hydrogen-bond acceptors (Lipinski definition) is 4. The molecule has 1 aliphatic rings. The number of carboxylic acid groups (broad SMARTS) is 1. The first-order chi connectivity index (χ1) is 7.58. The van der Waals surface area contributed by atoms with Crippen LogP contribution in [0.3, 0.4) is 0 Å². The maximum absolute atomic E-state index is 10.8. The number of rotatable bonds is 2. The van der Waals surface area contributed by atoms with Crippen LogP contribution in [-0.4, -0.2) is 34.1 Å². The second-order valence-electron chi connectivity index (χ2n) is 4.21. The van der Waals surface area contributed by atoms with Crippen molar-refractivity contribution in [3.63, 3.8) is 0 Å². The van der Waals surface area contributed by atoms with Crippen LogP contribution in [0.15, 0.2) is 6.20 Å². The second-order valence-corrected chi connectivity index (χ2v) is 4.21. The largest absolute Gasteiger partial charge is 0.481 e. The van der Waals surface area contributed by atoms with Gasteiger partial charge in [0.25, 0.3) is 0 Å². The van der Waals surface area contributed by atoms with E-state index >= 15 is 0 Å². The van der Waals surface area contributed by atoms with E-state index in [1.54, 1.807) is 6.20 Å². The molecular formula is C11H15N3O2. The predicted molar refractivity (Wildman–Crippen MR) is 59.5 cm³/mol. The predicted octanol–water partition coefficient (Wildman–Crippen LogP) is 1.00. The lowest BCUT2D eigenvalue weighted by Crippen LogP contribution is -2.24. The molecule has 1 aromatic rings. The van der Waals surface area contributed by atoms with E-state index in [4.69, 9.17) is 5.11 Å². The highest BCUT2D eigenvalue weighted by atomic mass is 16.4. The van der Waals surface area contributed by atoms with E-state index in [0.29, 0.717) is 18.9 Å². The minimum atomic E-state index is -0.730. The van der Waals surface area contributed by atoms with E-state index in [1.165, 1.54) is 0 Å². The number of carbonyl (C=O) groups is 1. The Hall–Kier alpha value is -1.65. The van der Waals surface area contributed by atoms with Crippen molar-refractivity contribution in [3.05, 3.63) is 17.5 Å². The van der Waals surface area contributed by atoms with E-state index in [9.17, 15) is 4.79 Å². The van der Waals surface area contributed by atoms with Gasteiger partial charge in [-0.1, -0.05) is 0 Å². The molecule has 5 heteroatoms. The molecule has 1 N–H and O–H groups in total. The van der Waals surface area contributed by atoms with Crippen LogP contribution in [0.4, 0.5) is 5.95 Å². The van der Waals surface area contributed by atoms with E-state index < -0.39 is 5.97 Å². The summed E-state index contributed by atoms with van der Waals surface area (Å²) in [5.41, 5.74) is 2.00. The molecule has 0 saturated carbocycles. The fourth-order valence-electron chi connectivity index (χ4n) is 1.81. The molecule has 0 spiro atoms. The number of carboxylic acids is 1. The zero-order valence-electron chi connectivity index (χ0n) is 9.47. The van der Waals surface area contributed by atoms with Crippen molar-refractivity contribution >= 4 is 11.9 Å². The molecule has 0 aliphatic carbocycles. The van der Waals surface area contributed by atoms with Gasteiger partial charge in [0, 0.05) is 25.0 Å². The van der Waals surface area contributed by atoms with Crippen molar-refractivity contribution in [2.45, 2.75) is 20.3 Å². The Labute approximate surface area is 94.1 Å². The van der Waals surface area contributed by atoms with E-state index in [2.05, 4.69) is 9.97 Å². The van der Waals surface area contributed by atoms with Crippen LogP contribution in [0.25, 0.3) is 0 Å². The van der Waals surface area contributed by atoms with Crippen molar-refractivity contribution in [2.75, 3.05) is 18.0 Å². The Balaban J connectivity index is 2.14. The van der Waals surface area contributed by atoms with Gasteiger partial charge in [0.2, 0.25) is 5.95 Å². The first-order valence-electron chi connectivity index (χ1n) is 5.36. The topological polar surface area (TPSA) is 66.3 Å². The number of aryl methyl sites for hydroxylation is 2. The maximum Gasteiger partial charge on any atom is 0.308 e. The van der Waals surface area contributed by atoms with Crippen LogP contribution in [0, 0.1) is 19.8 Å². The average Bonchev–Trinajstić information content (AvgIpc) is 2.71. The number of nitrogens with zero attached hydrogens (tertiary/aromatic N) is 3. The van der Waals surface area contributed by atoms with Crippen LogP contribution >= 0.6 is 0 Å². The van der Waals surface area contributed by atoms with Crippen molar-refractivity contribution in [2.24, 2.45) is 5.92 Å². The van der Waals surface area contributed by atoms with Crippen molar-refractivity contribution in [1.82, 2.24) is 9.97 Å². The summed E-state index contributed by atoms with van der Waals surface area (Å²) in [4.78, 5) is 21.4. The van der Waals surface area contributed by atoms with Gasteiger partial charge in [0.05, 0.1) is 5.92 Å². The van der Waals surface area contributed by atoms with Gasteiger partial charge in [-0.2, -0.15) is 0 Å². The summed E-state index contributed by atoms with van der Waals surface area (Å²) >= 11 is 0. The molecule has 0 radical (unpaired) electrons. The number of aliphatic carboxylic acids is 1. The van der Waals surface area contributed by atoms with Crippen molar-refractivity contribution in [3.8, 4) is 0 Å². The third-order valence-electron chi connectivity index (χ3n) is 3.03. The maximum atomic E-state index is 10.8.